The highest BCUT2D eigenvalue weighted by molar-refractivity contribution is 7.99. The van der Waals surface area contributed by atoms with Gasteiger partial charge in [0.2, 0.25) is 0 Å². The van der Waals surface area contributed by atoms with Crippen LogP contribution in [0.2, 0.25) is 0 Å². The molecule has 0 aliphatic rings. The Morgan fingerprint density at radius 3 is 2.13 bits per heavy atom. The number of amides is 2. The maximum absolute atomic E-state index is 12.7. The molecule has 0 heterocycles. The lowest BCUT2D eigenvalue weighted by Gasteiger charge is -2.22. The number of rotatable bonds is 7. The van der Waals surface area contributed by atoms with Crippen molar-refractivity contribution in [2.24, 2.45) is 0 Å². The van der Waals surface area contributed by atoms with Crippen LogP contribution < -0.4 is 10.8 Å². The van der Waals surface area contributed by atoms with Crippen LogP contribution in [0.3, 0.4) is 0 Å². The van der Waals surface area contributed by atoms with Crippen LogP contribution >= 0.6 is 11.8 Å². The van der Waals surface area contributed by atoms with Crippen molar-refractivity contribution >= 4 is 33.6 Å². The molecular weight excluding hydrogens is 428 g/mol. The minimum atomic E-state index is -3.95. The number of hydrogen-bond donors (Lipinski definition) is 3. The van der Waals surface area contributed by atoms with Crippen molar-refractivity contribution < 1.29 is 28.0 Å². The van der Waals surface area contributed by atoms with E-state index in [-0.39, 0.29) is 4.90 Å². The van der Waals surface area contributed by atoms with E-state index < -0.39 is 39.2 Å². The lowest BCUT2D eigenvalue weighted by Crippen LogP contribution is -2.50. The summed E-state index contributed by atoms with van der Waals surface area (Å²) in [6, 6.07) is 14.3. The van der Waals surface area contributed by atoms with E-state index in [4.69, 9.17) is 9.94 Å². The second-order valence-corrected chi connectivity index (χ2v) is 10.5. The number of benzene rings is 2. The van der Waals surface area contributed by atoms with Gasteiger partial charge in [-0.25, -0.2) is 18.7 Å². The number of sulfone groups is 1. The van der Waals surface area contributed by atoms with E-state index in [1.165, 1.54) is 29.4 Å². The van der Waals surface area contributed by atoms with Crippen molar-refractivity contribution in [1.82, 2.24) is 10.8 Å². The van der Waals surface area contributed by atoms with Crippen LogP contribution in [0, 0.1) is 0 Å². The molecular formula is C20H24N2O6S2. The zero-order valence-corrected chi connectivity index (χ0v) is 18.4. The fourth-order valence-corrected chi connectivity index (χ4v) is 4.62. The van der Waals surface area contributed by atoms with Gasteiger partial charge in [0.1, 0.15) is 11.6 Å². The van der Waals surface area contributed by atoms with Crippen LogP contribution in [-0.2, 0) is 19.4 Å². The number of carbonyl (C=O) groups excluding carboxylic acids is 2. The van der Waals surface area contributed by atoms with Crippen molar-refractivity contribution in [3.05, 3.63) is 54.6 Å². The highest BCUT2D eigenvalue weighted by atomic mass is 32.2. The summed E-state index contributed by atoms with van der Waals surface area (Å²) in [5.41, 5.74) is 0.529. The molecule has 2 amide bonds. The van der Waals surface area contributed by atoms with E-state index >= 15 is 0 Å². The second kappa shape index (κ2) is 9.96. The van der Waals surface area contributed by atoms with Gasteiger partial charge in [0.15, 0.2) is 9.84 Å². The van der Waals surface area contributed by atoms with Gasteiger partial charge in [0.25, 0.3) is 5.91 Å². The highest BCUT2D eigenvalue weighted by Crippen LogP contribution is 2.28. The molecule has 0 aliphatic heterocycles. The molecule has 0 saturated carbocycles. The Morgan fingerprint density at radius 1 is 1.03 bits per heavy atom. The molecule has 0 radical (unpaired) electrons. The maximum atomic E-state index is 12.7. The summed E-state index contributed by atoms with van der Waals surface area (Å²) in [6.07, 6.45) is -0.971. The SMILES string of the molecule is CC(C)(C)OC(=O)N[C@@H](CS(=O)(=O)c1ccc(Sc2ccccc2)cc1)C(=O)NO. The average Bonchev–Trinajstić information content (AvgIpc) is 2.66. The van der Waals surface area contributed by atoms with E-state index in [9.17, 15) is 18.0 Å². The molecule has 2 rings (SSSR count). The molecule has 30 heavy (non-hydrogen) atoms. The van der Waals surface area contributed by atoms with Crippen LogP contribution in [0.5, 0.6) is 0 Å². The Morgan fingerprint density at radius 2 is 1.60 bits per heavy atom. The van der Waals surface area contributed by atoms with Crippen molar-refractivity contribution in [1.29, 1.82) is 0 Å². The lowest BCUT2D eigenvalue weighted by molar-refractivity contribution is -0.130. The van der Waals surface area contributed by atoms with Crippen molar-refractivity contribution in [3.63, 3.8) is 0 Å². The Hall–Kier alpha value is -2.56. The lowest BCUT2D eigenvalue weighted by atomic mass is 10.2. The Kier molecular flexibility index (Phi) is 7.88. The summed E-state index contributed by atoms with van der Waals surface area (Å²) in [5, 5.41) is 11.1. The Balaban J connectivity index is 2.13. The van der Waals surface area contributed by atoms with Crippen LogP contribution in [0.25, 0.3) is 0 Å². The van der Waals surface area contributed by atoms with Crippen LogP contribution in [0.4, 0.5) is 4.79 Å². The van der Waals surface area contributed by atoms with E-state index in [0.717, 1.165) is 9.79 Å². The molecule has 10 heteroatoms. The summed E-state index contributed by atoms with van der Waals surface area (Å²) in [4.78, 5) is 25.7. The summed E-state index contributed by atoms with van der Waals surface area (Å²) < 4.78 is 30.5. The standard InChI is InChI=1S/C20H24N2O6S2/c1-20(2,3)28-19(24)21-17(18(23)22-25)13-30(26,27)16-11-9-15(10-12-16)29-14-7-5-4-6-8-14/h4-12,17,25H,13H2,1-3H3,(H,21,24)(H,22,23)/t17-/m0/s1. The highest BCUT2D eigenvalue weighted by Gasteiger charge is 2.30. The number of nitrogens with one attached hydrogen (secondary N) is 2. The largest absolute Gasteiger partial charge is 0.444 e. The molecule has 0 saturated heterocycles. The number of alkyl carbamates (subject to hydrolysis) is 1. The van der Waals surface area contributed by atoms with Gasteiger partial charge in [-0.1, -0.05) is 30.0 Å². The van der Waals surface area contributed by atoms with Crippen LogP contribution in [-0.4, -0.2) is 43.0 Å². The predicted molar refractivity (Wildman–Crippen MR) is 112 cm³/mol. The van der Waals surface area contributed by atoms with E-state index in [1.54, 1.807) is 32.9 Å². The Labute approximate surface area is 179 Å². The molecule has 2 aromatic rings. The molecule has 0 bridgehead atoms. The van der Waals surface area contributed by atoms with Crippen LogP contribution in [0.15, 0.2) is 69.3 Å². The zero-order valence-electron chi connectivity index (χ0n) is 16.8. The Bertz CT molecular complexity index is 971. The fourth-order valence-electron chi connectivity index (χ4n) is 2.37. The third-order valence-corrected chi connectivity index (χ3v) is 6.44. The third-order valence-electron chi connectivity index (χ3n) is 3.67. The summed E-state index contributed by atoms with van der Waals surface area (Å²) in [7, 11) is -3.95. The van der Waals surface area contributed by atoms with Crippen LogP contribution in [0.1, 0.15) is 20.8 Å². The molecule has 0 aliphatic carbocycles. The zero-order chi connectivity index (χ0) is 22.4. The summed E-state index contributed by atoms with van der Waals surface area (Å²) in [5.74, 6) is -1.82. The molecule has 0 fully saturated rings. The number of hydrogen-bond acceptors (Lipinski definition) is 7. The molecule has 8 nitrogen and oxygen atoms in total. The molecule has 162 valence electrons. The molecule has 3 N–H and O–H groups in total. The third kappa shape index (κ3) is 7.36. The van der Waals surface area contributed by atoms with Gasteiger partial charge in [-0.15, -0.1) is 0 Å². The topological polar surface area (TPSA) is 122 Å². The van der Waals surface area contributed by atoms with E-state index in [2.05, 4.69) is 5.32 Å². The van der Waals surface area contributed by atoms with Gasteiger partial charge in [0.05, 0.1) is 10.6 Å². The van der Waals surface area contributed by atoms with E-state index in [0.29, 0.717) is 0 Å². The fraction of sp³-hybridized carbons (Fsp3) is 0.300. The first-order valence-electron chi connectivity index (χ1n) is 8.99. The van der Waals surface area contributed by atoms with Crippen molar-refractivity contribution in [2.45, 2.75) is 47.1 Å². The molecule has 2 aromatic carbocycles. The van der Waals surface area contributed by atoms with Gasteiger partial charge in [-0.3, -0.25) is 10.0 Å². The van der Waals surface area contributed by atoms with Gasteiger partial charge in [0, 0.05) is 9.79 Å². The van der Waals surface area contributed by atoms with Gasteiger partial charge in [-0.2, -0.15) is 0 Å². The number of ether oxygens (including phenoxy) is 1. The van der Waals surface area contributed by atoms with Gasteiger partial charge < -0.3 is 10.1 Å². The summed E-state index contributed by atoms with van der Waals surface area (Å²) in [6.45, 7) is 4.87. The number of hydroxylamine groups is 1. The molecule has 0 aromatic heterocycles. The summed E-state index contributed by atoms with van der Waals surface area (Å²) >= 11 is 1.48. The van der Waals surface area contributed by atoms with E-state index in [1.807, 2.05) is 30.3 Å². The quantitative estimate of drug-likeness (QED) is 0.436. The van der Waals surface area contributed by atoms with Gasteiger partial charge in [-0.05, 0) is 57.2 Å². The van der Waals surface area contributed by atoms with Crippen molar-refractivity contribution in [3.8, 4) is 0 Å². The monoisotopic (exact) mass is 452 g/mol. The number of carbonyl (C=O) groups is 2. The maximum Gasteiger partial charge on any atom is 0.408 e. The molecule has 0 spiro atoms. The first kappa shape index (κ1) is 23.7. The minimum Gasteiger partial charge on any atom is -0.444 e. The normalized spacial score (nSPS) is 12.7. The first-order valence-corrected chi connectivity index (χ1v) is 11.5. The van der Waals surface area contributed by atoms with Gasteiger partial charge >= 0.3 is 6.09 Å². The second-order valence-electron chi connectivity index (χ2n) is 7.34. The minimum absolute atomic E-state index is 0.0124. The first-order chi connectivity index (χ1) is 14.0. The molecule has 1 atom stereocenters. The smallest absolute Gasteiger partial charge is 0.408 e. The van der Waals surface area contributed by atoms with Crippen molar-refractivity contribution in [2.75, 3.05) is 5.75 Å². The average molecular weight is 453 g/mol. The molecule has 0 unspecified atom stereocenters. The predicted octanol–water partition coefficient (Wildman–Crippen LogP) is 3.01.